The quantitative estimate of drug-likeness (QED) is 0.661. The Morgan fingerprint density at radius 1 is 1.26 bits per heavy atom. The molecule has 1 aromatic heterocycles. The molecule has 2 heterocycles. The predicted molar refractivity (Wildman–Crippen MR) is 105 cm³/mol. The van der Waals surface area contributed by atoms with Crippen molar-refractivity contribution in [2.45, 2.75) is 6.42 Å². The van der Waals surface area contributed by atoms with E-state index in [1.54, 1.807) is 41.2 Å². The zero-order chi connectivity index (χ0) is 19.0. The Bertz CT molecular complexity index is 1020. The first-order chi connectivity index (χ1) is 13.0. The number of hydrogen-bond donors (Lipinski definition) is 2. The average Bonchev–Trinajstić information content (AvgIpc) is 3.08. The normalized spacial score (nSPS) is 13.4. The predicted octanol–water partition coefficient (Wildman–Crippen LogP) is 2.69. The number of nitrogens with one attached hydrogen (secondary N) is 1. The van der Waals surface area contributed by atoms with E-state index < -0.39 is 7.12 Å². The minimum atomic E-state index is -0.977. The highest BCUT2D eigenvalue weighted by Gasteiger charge is 2.25. The molecule has 1 amide bonds. The van der Waals surface area contributed by atoms with Gasteiger partial charge in [0.25, 0.3) is 5.91 Å². The van der Waals surface area contributed by atoms with Crippen molar-refractivity contribution in [3.63, 3.8) is 0 Å². The van der Waals surface area contributed by atoms with Crippen LogP contribution in [0.5, 0.6) is 0 Å². The molecule has 4 rings (SSSR count). The van der Waals surface area contributed by atoms with Crippen molar-refractivity contribution in [1.29, 1.82) is 0 Å². The summed E-state index contributed by atoms with van der Waals surface area (Å²) in [7, 11) is -0.977. The van der Waals surface area contributed by atoms with Gasteiger partial charge in [0.2, 0.25) is 0 Å². The molecule has 136 valence electrons. The van der Waals surface area contributed by atoms with Gasteiger partial charge in [-0.05, 0) is 47.8 Å². The van der Waals surface area contributed by atoms with Crippen molar-refractivity contribution in [2.24, 2.45) is 0 Å². The Balaban J connectivity index is 1.56. The summed E-state index contributed by atoms with van der Waals surface area (Å²) in [6.07, 6.45) is 3.89. The van der Waals surface area contributed by atoms with E-state index in [4.69, 9.17) is 27.9 Å². The molecule has 0 saturated heterocycles. The summed E-state index contributed by atoms with van der Waals surface area (Å²) in [5.74, 6) is -0.351. The third kappa shape index (κ3) is 3.72. The molecule has 0 bridgehead atoms. The average molecular weight is 402 g/mol. The van der Waals surface area contributed by atoms with Crippen LogP contribution < -0.4 is 10.8 Å². The number of benzene rings is 2. The number of carbonyl (C=O) groups is 1. The number of nitrogens with zero attached hydrogens (tertiary/aromatic N) is 2. The van der Waals surface area contributed by atoms with E-state index in [-0.39, 0.29) is 10.9 Å². The fourth-order valence-electron chi connectivity index (χ4n) is 2.97. The standard InChI is InChI=1S/C18H14BCl2N3O3/c20-12-9-22-24(10-12)14-3-4-15(17(21)8-14)18(25)23-13-2-1-11-5-6-27-19(26)16(11)7-13/h1-4,7-10,26H,5-6H2,(H,23,25). The fraction of sp³-hybridized carbons (Fsp3) is 0.111. The van der Waals surface area contributed by atoms with Gasteiger partial charge in [-0.1, -0.05) is 29.3 Å². The molecule has 0 saturated carbocycles. The minimum absolute atomic E-state index is 0.290. The number of hydrogen-bond acceptors (Lipinski definition) is 4. The number of rotatable bonds is 3. The molecule has 1 aliphatic rings. The van der Waals surface area contributed by atoms with Gasteiger partial charge in [0.15, 0.2) is 0 Å². The van der Waals surface area contributed by atoms with Gasteiger partial charge < -0.3 is 15.0 Å². The van der Waals surface area contributed by atoms with Gasteiger partial charge >= 0.3 is 7.12 Å². The van der Waals surface area contributed by atoms with E-state index in [1.165, 1.54) is 6.20 Å². The van der Waals surface area contributed by atoms with Crippen LogP contribution in [0.25, 0.3) is 5.69 Å². The van der Waals surface area contributed by atoms with E-state index in [0.717, 1.165) is 12.0 Å². The van der Waals surface area contributed by atoms with Gasteiger partial charge in [-0.3, -0.25) is 4.79 Å². The molecule has 1 aliphatic heterocycles. The van der Waals surface area contributed by atoms with Crippen LogP contribution in [0.1, 0.15) is 15.9 Å². The van der Waals surface area contributed by atoms with Crippen LogP contribution >= 0.6 is 23.2 Å². The summed E-state index contributed by atoms with van der Waals surface area (Å²) in [4.78, 5) is 12.6. The van der Waals surface area contributed by atoms with Crippen molar-refractivity contribution in [3.05, 3.63) is 70.0 Å². The lowest BCUT2D eigenvalue weighted by Crippen LogP contribution is -2.41. The summed E-state index contributed by atoms with van der Waals surface area (Å²) < 4.78 is 6.80. The Labute approximate surface area is 165 Å². The largest absolute Gasteiger partial charge is 0.491 e. The first kappa shape index (κ1) is 18.1. The van der Waals surface area contributed by atoms with Gasteiger partial charge in [0.1, 0.15) is 0 Å². The van der Waals surface area contributed by atoms with E-state index in [2.05, 4.69) is 10.4 Å². The maximum Gasteiger partial charge on any atom is 0.491 e. The van der Waals surface area contributed by atoms with E-state index in [1.807, 2.05) is 6.07 Å². The van der Waals surface area contributed by atoms with Gasteiger partial charge in [-0.25, -0.2) is 4.68 Å². The second-order valence-corrected chi connectivity index (χ2v) is 6.95. The topological polar surface area (TPSA) is 76.4 Å². The van der Waals surface area contributed by atoms with Crippen LogP contribution in [0.3, 0.4) is 0 Å². The summed E-state index contributed by atoms with van der Waals surface area (Å²) in [6.45, 7) is 0.475. The molecule has 0 radical (unpaired) electrons. The van der Waals surface area contributed by atoms with Crippen LogP contribution in [-0.2, 0) is 11.1 Å². The smallest absolute Gasteiger partial charge is 0.423 e. The van der Waals surface area contributed by atoms with E-state index in [9.17, 15) is 9.82 Å². The Morgan fingerprint density at radius 3 is 2.85 bits per heavy atom. The number of aromatic nitrogens is 2. The number of anilines is 1. The Morgan fingerprint density at radius 2 is 2.11 bits per heavy atom. The second kappa shape index (κ2) is 7.36. The van der Waals surface area contributed by atoms with E-state index in [0.29, 0.717) is 34.0 Å². The summed E-state index contributed by atoms with van der Waals surface area (Å²) in [5.41, 5.74) is 3.25. The molecule has 3 aromatic rings. The van der Waals surface area contributed by atoms with Crippen molar-refractivity contribution in [1.82, 2.24) is 9.78 Å². The number of carbonyl (C=O) groups excluding carboxylic acids is 1. The SMILES string of the molecule is O=C(Nc1ccc2c(c1)B(O)OCC2)c1ccc(-n2cc(Cl)cn2)cc1Cl. The lowest BCUT2D eigenvalue weighted by Gasteiger charge is -2.20. The molecule has 9 heteroatoms. The van der Waals surface area contributed by atoms with Crippen molar-refractivity contribution < 1.29 is 14.5 Å². The lowest BCUT2D eigenvalue weighted by atomic mass is 9.73. The highest BCUT2D eigenvalue weighted by atomic mass is 35.5. The summed E-state index contributed by atoms with van der Waals surface area (Å²) in [5, 5.41) is 17.7. The third-order valence-corrected chi connectivity index (χ3v) is 4.84. The third-order valence-electron chi connectivity index (χ3n) is 4.33. The first-order valence-electron chi connectivity index (χ1n) is 8.25. The number of amides is 1. The van der Waals surface area contributed by atoms with Gasteiger partial charge in [0, 0.05) is 18.5 Å². The van der Waals surface area contributed by atoms with Crippen LogP contribution in [0.4, 0.5) is 5.69 Å². The molecule has 27 heavy (non-hydrogen) atoms. The minimum Gasteiger partial charge on any atom is -0.423 e. The molecule has 2 aromatic carbocycles. The van der Waals surface area contributed by atoms with Crippen molar-refractivity contribution in [2.75, 3.05) is 11.9 Å². The molecule has 0 fully saturated rings. The summed E-state index contributed by atoms with van der Waals surface area (Å²) in [6, 6.07) is 10.4. The molecule has 0 atom stereocenters. The zero-order valence-corrected chi connectivity index (χ0v) is 15.5. The van der Waals surface area contributed by atoms with Crippen LogP contribution in [0, 0.1) is 0 Å². The van der Waals surface area contributed by atoms with Crippen LogP contribution in [0.15, 0.2) is 48.8 Å². The first-order valence-corrected chi connectivity index (χ1v) is 9.01. The molecule has 6 nitrogen and oxygen atoms in total. The zero-order valence-electron chi connectivity index (χ0n) is 14.0. The van der Waals surface area contributed by atoms with Crippen molar-refractivity contribution >= 4 is 47.4 Å². The van der Waals surface area contributed by atoms with Gasteiger partial charge in [-0.2, -0.15) is 5.10 Å². The molecule has 2 N–H and O–H groups in total. The van der Waals surface area contributed by atoms with Gasteiger partial charge in [-0.15, -0.1) is 0 Å². The molecular formula is C18H14BCl2N3O3. The summed E-state index contributed by atoms with van der Waals surface area (Å²) >= 11 is 12.2. The van der Waals surface area contributed by atoms with Crippen molar-refractivity contribution in [3.8, 4) is 5.69 Å². The molecule has 0 spiro atoms. The van der Waals surface area contributed by atoms with Crippen LogP contribution in [0.2, 0.25) is 10.0 Å². The maximum atomic E-state index is 12.6. The Kier molecular flexibility index (Phi) is 4.93. The maximum absolute atomic E-state index is 12.6. The fourth-order valence-corrected chi connectivity index (χ4v) is 3.37. The highest BCUT2D eigenvalue weighted by Crippen LogP contribution is 2.22. The molecular weight excluding hydrogens is 388 g/mol. The highest BCUT2D eigenvalue weighted by molar-refractivity contribution is 6.61. The number of halogens is 2. The lowest BCUT2D eigenvalue weighted by molar-refractivity contribution is 0.102. The number of fused-ring (bicyclic) bond motifs is 1. The van der Waals surface area contributed by atoms with Gasteiger partial charge in [0.05, 0.1) is 27.5 Å². The molecule has 0 aliphatic carbocycles. The van der Waals surface area contributed by atoms with Crippen LogP contribution in [-0.4, -0.2) is 34.4 Å². The van der Waals surface area contributed by atoms with E-state index >= 15 is 0 Å². The Hall–Kier alpha value is -2.32. The second-order valence-electron chi connectivity index (χ2n) is 6.11. The monoisotopic (exact) mass is 401 g/mol. The molecule has 0 unspecified atom stereocenters.